The molecule has 0 spiro atoms. The van der Waals surface area contributed by atoms with Gasteiger partial charge < -0.3 is 10.1 Å². The normalized spacial score (nSPS) is 11.6. The number of aromatic nitrogens is 2. The van der Waals surface area contributed by atoms with Crippen LogP contribution in [0, 0.1) is 19.7 Å². The number of hydrogen-bond acceptors (Lipinski definition) is 4. The maximum Gasteiger partial charge on any atom is 0.418 e. The highest BCUT2D eigenvalue weighted by atomic mass is 35.5. The average Bonchev–Trinajstić information content (AvgIpc) is 3.05. The number of rotatable bonds is 6. The number of amides is 1. The molecule has 2 aromatic carbocycles. The maximum atomic E-state index is 13.2. The van der Waals surface area contributed by atoms with Crippen LogP contribution in [0.2, 0.25) is 5.02 Å². The minimum Gasteiger partial charge on any atom is -0.452 e. The van der Waals surface area contributed by atoms with Crippen molar-refractivity contribution < 1.29 is 31.9 Å². The van der Waals surface area contributed by atoms with Gasteiger partial charge in [-0.3, -0.25) is 4.79 Å². The topological polar surface area (TPSA) is 73.2 Å². The zero-order valence-electron chi connectivity index (χ0n) is 17.9. The van der Waals surface area contributed by atoms with E-state index in [1.54, 1.807) is 30.7 Å². The van der Waals surface area contributed by atoms with Gasteiger partial charge in [0, 0.05) is 17.3 Å². The minimum absolute atomic E-state index is 0.307. The zero-order valence-corrected chi connectivity index (χ0v) is 18.7. The van der Waals surface area contributed by atoms with Crippen molar-refractivity contribution in [3.8, 4) is 5.69 Å². The van der Waals surface area contributed by atoms with E-state index in [9.17, 15) is 27.2 Å². The van der Waals surface area contributed by atoms with Gasteiger partial charge in [0.15, 0.2) is 6.61 Å². The largest absolute Gasteiger partial charge is 0.452 e. The summed E-state index contributed by atoms with van der Waals surface area (Å²) in [6.45, 7) is 2.65. The smallest absolute Gasteiger partial charge is 0.418 e. The lowest BCUT2D eigenvalue weighted by Crippen LogP contribution is -2.22. The highest BCUT2D eigenvalue weighted by Crippen LogP contribution is 2.38. The first kappa shape index (κ1) is 25.0. The fourth-order valence-corrected chi connectivity index (χ4v) is 3.35. The van der Waals surface area contributed by atoms with Crippen molar-refractivity contribution in [3.05, 3.63) is 81.9 Å². The molecule has 0 aliphatic carbocycles. The fourth-order valence-electron chi connectivity index (χ4n) is 3.13. The summed E-state index contributed by atoms with van der Waals surface area (Å²) < 4.78 is 58.9. The van der Waals surface area contributed by atoms with Gasteiger partial charge in [-0.2, -0.15) is 18.3 Å². The minimum atomic E-state index is -4.74. The summed E-state index contributed by atoms with van der Waals surface area (Å²) >= 11 is 5.78. The molecule has 1 aromatic heterocycles. The Morgan fingerprint density at radius 1 is 1.15 bits per heavy atom. The van der Waals surface area contributed by atoms with Crippen LogP contribution in [0.4, 0.5) is 23.2 Å². The molecule has 0 aliphatic rings. The molecule has 3 rings (SSSR count). The third kappa shape index (κ3) is 5.82. The Morgan fingerprint density at radius 2 is 1.82 bits per heavy atom. The molecule has 6 nitrogen and oxygen atoms in total. The summed E-state index contributed by atoms with van der Waals surface area (Å²) in [6, 6.07) is 8.77. The first-order chi connectivity index (χ1) is 16.0. The number of nitrogens with zero attached hydrogens (tertiary/aromatic N) is 2. The van der Waals surface area contributed by atoms with E-state index in [1.807, 2.05) is 5.32 Å². The third-order valence-corrected chi connectivity index (χ3v) is 5.05. The van der Waals surface area contributed by atoms with Gasteiger partial charge in [0.25, 0.3) is 5.91 Å². The number of esters is 1. The van der Waals surface area contributed by atoms with E-state index in [2.05, 4.69) is 5.10 Å². The van der Waals surface area contributed by atoms with E-state index in [0.717, 1.165) is 18.2 Å². The molecule has 1 N–H and O–H groups in total. The van der Waals surface area contributed by atoms with Crippen molar-refractivity contribution in [3.63, 3.8) is 0 Å². The molecule has 0 saturated carbocycles. The standard InChI is InChI=1S/C23H18ClF4N3O3/c1-13-17(14(2)31(30-13)16-8-6-15(25)7-9-16)10-11-21(33)34-12-20(32)29-22-18(23(26,27)28)4-3-5-19(22)24/h3-11H,12H2,1-2H3,(H,29,32)/b11-10+. The number of ether oxygens (including phenoxy) is 1. The summed E-state index contributed by atoms with van der Waals surface area (Å²) in [6.07, 6.45) is -2.23. The van der Waals surface area contributed by atoms with Crippen molar-refractivity contribution in [1.29, 1.82) is 0 Å². The van der Waals surface area contributed by atoms with E-state index >= 15 is 0 Å². The predicted molar refractivity (Wildman–Crippen MR) is 118 cm³/mol. The summed E-state index contributed by atoms with van der Waals surface area (Å²) in [7, 11) is 0. The van der Waals surface area contributed by atoms with Gasteiger partial charge in [0.05, 0.1) is 27.7 Å². The second-order valence-electron chi connectivity index (χ2n) is 7.12. The predicted octanol–water partition coefficient (Wildman–Crippen LogP) is 5.50. The van der Waals surface area contributed by atoms with Crippen LogP contribution in [-0.2, 0) is 20.5 Å². The first-order valence-corrected chi connectivity index (χ1v) is 10.2. The average molecular weight is 496 g/mol. The molecule has 1 amide bonds. The number of carbonyl (C=O) groups excluding carboxylic acids is 2. The molecule has 11 heteroatoms. The van der Waals surface area contributed by atoms with Gasteiger partial charge in [0.1, 0.15) is 5.82 Å². The highest BCUT2D eigenvalue weighted by Gasteiger charge is 2.34. The van der Waals surface area contributed by atoms with Crippen LogP contribution >= 0.6 is 11.6 Å². The van der Waals surface area contributed by atoms with E-state index in [1.165, 1.54) is 24.3 Å². The molecule has 0 fully saturated rings. The van der Waals surface area contributed by atoms with Crippen molar-refractivity contribution in [2.24, 2.45) is 0 Å². The summed E-state index contributed by atoms with van der Waals surface area (Å²) in [4.78, 5) is 24.1. The number of anilines is 1. The molecule has 0 saturated heterocycles. The number of hydrogen-bond donors (Lipinski definition) is 1. The number of aryl methyl sites for hydroxylation is 1. The van der Waals surface area contributed by atoms with E-state index in [4.69, 9.17) is 16.3 Å². The van der Waals surface area contributed by atoms with Gasteiger partial charge in [-0.1, -0.05) is 17.7 Å². The molecule has 0 radical (unpaired) electrons. The molecule has 0 atom stereocenters. The molecule has 178 valence electrons. The van der Waals surface area contributed by atoms with Gasteiger partial charge >= 0.3 is 12.1 Å². The van der Waals surface area contributed by atoms with Crippen LogP contribution in [0.25, 0.3) is 11.8 Å². The Balaban J connectivity index is 1.65. The fraction of sp³-hybridized carbons (Fsp3) is 0.174. The summed E-state index contributed by atoms with van der Waals surface area (Å²) in [5.74, 6) is -2.27. The lowest BCUT2D eigenvalue weighted by molar-refractivity contribution is -0.142. The van der Waals surface area contributed by atoms with Crippen molar-refractivity contribution in [2.75, 3.05) is 11.9 Å². The molecule has 1 heterocycles. The number of para-hydroxylation sites is 1. The molecule has 3 aromatic rings. The Kier molecular flexibility index (Phi) is 7.41. The molecular formula is C23H18ClF4N3O3. The number of benzene rings is 2. The second kappa shape index (κ2) is 10.1. The van der Waals surface area contributed by atoms with Crippen molar-refractivity contribution in [2.45, 2.75) is 20.0 Å². The van der Waals surface area contributed by atoms with Crippen LogP contribution < -0.4 is 5.32 Å². The lowest BCUT2D eigenvalue weighted by atomic mass is 10.1. The van der Waals surface area contributed by atoms with E-state index < -0.39 is 35.9 Å². The highest BCUT2D eigenvalue weighted by molar-refractivity contribution is 6.34. The van der Waals surface area contributed by atoms with Gasteiger partial charge in [0.2, 0.25) is 0 Å². The lowest BCUT2D eigenvalue weighted by Gasteiger charge is -2.15. The van der Waals surface area contributed by atoms with Gasteiger partial charge in [-0.05, 0) is 56.3 Å². The summed E-state index contributed by atoms with van der Waals surface area (Å²) in [5, 5.41) is 6.09. The number of carbonyl (C=O) groups is 2. The van der Waals surface area contributed by atoms with Crippen LogP contribution in [0.5, 0.6) is 0 Å². The first-order valence-electron chi connectivity index (χ1n) is 9.80. The Bertz CT molecular complexity index is 1250. The van der Waals surface area contributed by atoms with Crippen LogP contribution in [0.3, 0.4) is 0 Å². The van der Waals surface area contributed by atoms with Crippen LogP contribution in [0.15, 0.2) is 48.5 Å². The van der Waals surface area contributed by atoms with Gasteiger partial charge in [-0.25, -0.2) is 13.9 Å². The zero-order chi connectivity index (χ0) is 25.0. The van der Waals surface area contributed by atoms with Crippen molar-refractivity contribution >= 4 is 35.2 Å². The number of nitrogens with one attached hydrogen (secondary N) is 1. The Morgan fingerprint density at radius 3 is 2.47 bits per heavy atom. The second-order valence-corrected chi connectivity index (χ2v) is 7.53. The van der Waals surface area contributed by atoms with Crippen molar-refractivity contribution in [1.82, 2.24) is 9.78 Å². The SMILES string of the molecule is Cc1nn(-c2ccc(F)cc2)c(C)c1/C=C/C(=O)OCC(=O)Nc1c(Cl)cccc1C(F)(F)F. The van der Waals surface area contributed by atoms with Gasteiger partial charge in [-0.15, -0.1) is 0 Å². The Hall–Kier alpha value is -3.66. The molecule has 34 heavy (non-hydrogen) atoms. The monoisotopic (exact) mass is 495 g/mol. The maximum absolute atomic E-state index is 13.2. The number of alkyl halides is 3. The molecule has 0 aliphatic heterocycles. The molecule has 0 bridgehead atoms. The van der Waals surface area contributed by atoms with Crippen LogP contribution in [0.1, 0.15) is 22.5 Å². The Labute approximate surface area is 196 Å². The summed E-state index contributed by atoms with van der Waals surface area (Å²) in [5.41, 5.74) is 0.748. The van der Waals surface area contributed by atoms with E-state index in [-0.39, 0.29) is 10.8 Å². The molecular weight excluding hydrogens is 478 g/mol. The molecule has 0 unspecified atom stereocenters. The van der Waals surface area contributed by atoms with Crippen LogP contribution in [-0.4, -0.2) is 28.3 Å². The third-order valence-electron chi connectivity index (χ3n) is 4.73. The number of halogens is 5. The quantitative estimate of drug-likeness (QED) is 0.278. The van der Waals surface area contributed by atoms with E-state index in [0.29, 0.717) is 22.6 Å².